The summed E-state index contributed by atoms with van der Waals surface area (Å²) in [7, 11) is 0. The van der Waals surface area contributed by atoms with Crippen LogP contribution in [-0.2, 0) is 11.2 Å². The van der Waals surface area contributed by atoms with Gasteiger partial charge in [-0.15, -0.1) is 0 Å². The van der Waals surface area contributed by atoms with Crippen molar-refractivity contribution in [1.29, 1.82) is 0 Å². The minimum atomic E-state index is 0.0988. The fraction of sp³-hybridized carbons (Fsp3) is 0.654. The van der Waals surface area contributed by atoms with Gasteiger partial charge in [-0.25, -0.2) is 4.98 Å². The van der Waals surface area contributed by atoms with E-state index in [0.717, 1.165) is 34.8 Å². The second-order valence-corrected chi connectivity index (χ2v) is 10.6. The van der Waals surface area contributed by atoms with Crippen LogP contribution in [0.5, 0.6) is 0 Å². The number of nitrogens with zero attached hydrogens (tertiary/aromatic N) is 2. The van der Waals surface area contributed by atoms with Crippen LogP contribution in [0.25, 0.3) is 5.65 Å². The number of rotatable bonds is 8. The first-order valence-corrected chi connectivity index (χ1v) is 12.2. The minimum Gasteiger partial charge on any atom is -0.317 e. The van der Waals surface area contributed by atoms with Crippen LogP contribution in [0.2, 0.25) is 0 Å². The minimum absolute atomic E-state index is 0.0988. The molecule has 0 amide bonds. The van der Waals surface area contributed by atoms with Crippen molar-refractivity contribution in [2.24, 2.45) is 40.4 Å². The number of Topliss-reactive ketones (excluding diaryl/α,β-unsaturated/α-hetero) is 2. The molecular weight excluding hydrogens is 386 g/mol. The Morgan fingerprint density at radius 3 is 2.55 bits per heavy atom. The van der Waals surface area contributed by atoms with Gasteiger partial charge in [0.2, 0.25) is 0 Å². The molecule has 2 aromatic rings. The molecule has 0 bridgehead atoms. The number of hydrogen-bond donors (Lipinski definition) is 1. The third kappa shape index (κ3) is 2.19. The van der Waals surface area contributed by atoms with Crippen LogP contribution in [-0.4, -0.2) is 34.0 Å². The zero-order valence-corrected chi connectivity index (χ0v) is 18.9. The van der Waals surface area contributed by atoms with Crippen molar-refractivity contribution < 1.29 is 9.59 Å². The first-order chi connectivity index (χ1) is 15.0. The normalized spacial score (nSPS) is 38.9. The maximum atomic E-state index is 13.3. The molecule has 2 heterocycles. The average molecular weight is 420 g/mol. The molecular formula is C26H33N3O2. The zero-order chi connectivity index (χ0) is 21.5. The van der Waals surface area contributed by atoms with Gasteiger partial charge in [-0.2, -0.15) is 0 Å². The molecule has 31 heavy (non-hydrogen) atoms. The second-order valence-electron chi connectivity index (χ2n) is 10.6. The summed E-state index contributed by atoms with van der Waals surface area (Å²) >= 11 is 0. The van der Waals surface area contributed by atoms with Gasteiger partial charge in [0, 0.05) is 18.5 Å². The fourth-order valence-electron chi connectivity index (χ4n) is 8.49. The highest BCUT2D eigenvalue weighted by Crippen LogP contribution is 3.13. The third-order valence-electron chi connectivity index (χ3n) is 9.28. The summed E-state index contributed by atoms with van der Waals surface area (Å²) in [6, 6.07) is 5.77. The molecule has 5 saturated carbocycles. The van der Waals surface area contributed by atoms with Crippen LogP contribution < -0.4 is 5.32 Å². The van der Waals surface area contributed by atoms with Crippen LogP contribution in [0.1, 0.15) is 62.6 Å². The second kappa shape index (κ2) is 6.50. The Morgan fingerprint density at radius 1 is 1.16 bits per heavy atom. The van der Waals surface area contributed by atoms with Crippen LogP contribution in [0, 0.1) is 40.4 Å². The molecule has 1 N–H and O–H groups in total. The summed E-state index contributed by atoms with van der Waals surface area (Å²) in [6.07, 6.45) is 7.50. The maximum Gasteiger partial charge on any atom is 0.183 e. The van der Waals surface area contributed by atoms with Crippen LogP contribution in [0.15, 0.2) is 24.4 Å². The van der Waals surface area contributed by atoms with Gasteiger partial charge >= 0.3 is 0 Å². The van der Waals surface area contributed by atoms with Gasteiger partial charge in [0.25, 0.3) is 0 Å². The SMILES string of the molecule is CC(=O)Cc1cn2c(C(=O)C3C4C5CC6CC7C65C347)cccc2n1.CCCNCCC. The molecule has 5 nitrogen and oxygen atoms in total. The summed E-state index contributed by atoms with van der Waals surface area (Å²) in [5.74, 6) is 4.14. The molecule has 7 rings (SSSR count). The number of aromatic nitrogens is 2. The van der Waals surface area contributed by atoms with Crippen molar-refractivity contribution in [3.8, 4) is 0 Å². The van der Waals surface area contributed by atoms with Gasteiger partial charge in [-0.05, 0) is 92.3 Å². The smallest absolute Gasteiger partial charge is 0.183 e. The highest BCUT2D eigenvalue weighted by atomic mass is 16.1. The van der Waals surface area contributed by atoms with Crippen LogP contribution in [0.4, 0.5) is 0 Å². The van der Waals surface area contributed by atoms with Gasteiger partial charge in [-0.3, -0.25) is 14.0 Å². The molecule has 2 aromatic heterocycles. The zero-order valence-electron chi connectivity index (χ0n) is 18.9. The van der Waals surface area contributed by atoms with Crippen LogP contribution in [0.3, 0.4) is 0 Å². The Kier molecular flexibility index (Phi) is 4.12. The lowest BCUT2D eigenvalue weighted by atomic mass is 9.46. The van der Waals surface area contributed by atoms with E-state index in [-0.39, 0.29) is 11.7 Å². The molecule has 0 aromatic carbocycles. The molecule has 5 aliphatic carbocycles. The predicted molar refractivity (Wildman–Crippen MR) is 119 cm³/mol. The number of carbonyl (C=O) groups is 2. The average Bonchev–Trinajstić information content (AvgIpc) is 3.43. The quantitative estimate of drug-likeness (QED) is 0.520. The number of imidazole rings is 1. The Bertz CT molecular complexity index is 1080. The first kappa shape index (κ1) is 19.7. The van der Waals surface area contributed by atoms with E-state index in [1.807, 2.05) is 28.8 Å². The summed E-state index contributed by atoms with van der Waals surface area (Å²) in [5, 5.41) is 3.28. The molecule has 0 saturated heterocycles. The molecule has 0 radical (unpaired) electrons. The van der Waals surface area contributed by atoms with E-state index in [0.29, 0.717) is 29.0 Å². The summed E-state index contributed by atoms with van der Waals surface area (Å²) in [6.45, 7) is 8.29. The number of carbonyl (C=O) groups excluding carboxylic acids is 2. The molecule has 2 spiro atoms. The monoisotopic (exact) mass is 419 g/mol. The fourth-order valence-corrected chi connectivity index (χ4v) is 8.49. The van der Waals surface area contributed by atoms with Crippen molar-refractivity contribution in [3.63, 3.8) is 0 Å². The molecule has 5 fully saturated rings. The molecule has 7 unspecified atom stereocenters. The summed E-state index contributed by atoms with van der Waals surface area (Å²) in [4.78, 5) is 29.2. The number of fused-ring (bicyclic) bond motifs is 2. The molecule has 5 aliphatic rings. The van der Waals surface area contributed by atoms with Gasteiger partial charge in [0.05, 0.1) is 11.4 Å². The standard InChI is InChI=1S/C20H18N2O2.C6H15N/c1-9(23)5-11-8-22-13(3-2-4-15(22)21-11)18(24)17-16-12-6-10-7-14-19(10,12)20(14,16)17;1-3-5-7-6-4-2/h2-4,8,10,12,14,16-17H,5-7H2,1H3;7H,3-6H2,1-2H3. The predicted octanol–water partition coefficient (Wildman–Crippen LogP) is 3.95. The number of nitrogens with one attached hydrogen (secondary N) is 1. The summed E-state index contributed by atoms with van der Waals surface area (Å²) in [5.41, 5.74) is 3.40. The Morgan fingerprint density at radius 2 is 1.94 bits per heavy atom. The van der Waals surface area contributed by atoms with Gasteiger partial charge in [0.1, 0.15) is 11.4 Å². The van der Waals surface area contributed by atoms with Gasteiger partial charge < -0.3 is 5.32 Å². The maximum absolute atomic E-state index is 13.3. The molecule has 0 aliphatic heterocycles. The van der Waals surface area contributed by atoms with Crippen molar-refractivity contribution in [3.05, 3.63) is 35.8 Å². The highest BCUT2D eigenvalue weighted by Gasteiger charge is 3.11. The van der Waals surface area contributed by atoms with Crippen molar-refractivity contribution >= 4 is 17.2 Å². The van der Waals surface area contributed by atoms with Crippen LogP contribution >= 0.6 is 0 Å². The van der Waals surface area contributed by atoms with Crippen molar-refractivity contribution in [2.45, 2.75) is 52.9 Å². The Hall–Kier alpha value is -2.01. The van der Waals surface area contributed by atoms with E-state index in [9.17, 15) is 9.59 Å². The van der Waals surface area contributed by atoms with E-state index < -0.39 is 0 Å². The highest BCUT2D eigenvalue weighted by molar-refractivity contribution is 6.02. The lowest BCUT2D eigenvalue weighted by Gasteiger charge is -2.57. The van der Waals surface area contributed by atoms with Gasteiger partial charge in [0.15, 0.2) is 5.78 Å². The first-order valence-electron chi connectivity index (χ1n) is 12.2. The van der Waals surface area contributed by atoms with Gasteiger partial charge in [-0.1, -0.05) is 19.9 Å². The lowest BCUT2D eigenvalue weighted by molar-refractivity contribution is -0.116. The van der Waals surface area contributed by atoms with E-state index in [1.165, 1.54) is 38.8 Å². The number of hydrogen-bond acceptors (Lipinski definition) is 4. The van der Waals surface area contributed by atoms with Crippen molar-refractivity contribution in [1.82, 2.24) is 14.7 Å². The largest absolute Gasteiger partial charge is 0.317 e. The topological polar surface area (TPSA) is 63.5 Å². The van der Waals surface area contributed by atoms with E-state index in [1.54, 1.807) is 6.92 Å². The number of pyridine rings is 1. The number of ketones is 2. The molecule has 5 heteroatoms. The third-order valence-corrected chi connectivity index (χ3v) is 9.28. The van der Waals surface area contributed by atoms with E-state index in [4.69, 9.17) is 0 Å². The lowest BCUT2D eigenvalue weighted by Crippen LogP contribution is -2.52. The van der Waals surface area contributed by atoms with Crippen molar-refractivity contribution in [2.75, 3.05) is 13.1 Å². The molecule has 164 valence electrons. The molecule has 7 atom stereocenters. The van der Waals surface area contributed by atoms with E-state index >= 15 is 0 Å². The summed E-state index contributed by atoms with van der Waals surface area (Å²) < 4.78 is 1.91. The van der Waals surface area contributed by atoms with E-state index in [2.05, 4.69) is 24.1 Å². The Labute approximate surface area is 184 Å². The Balaban J connectivity index is 0.000000233.